The van der Waals surface area contributed by atoms with Crippen molar-refractivity contribution in [2.24, 2.45) is 0 Å². The Balaban J connectivity index is 2.57. The summed E-state index contributed by atoms with van der Waals surface area (Å²) in [5.74, 6) is 5.04. The molecule has 13 heavy (non-hydrogen) atoms. The molecule has 0 bridgehead atoms. The second-order valence-corrected chi connectivity index (χ2v) is 2.31. The maximum atomic E-state index is 11.3. The van der Waals surface area contributed by atoms with Crippen molar-refractivity contribution in [1.82, 2.24) is 15.6 Å². The number of carbonyl (C=O) groups excluding carboxylic acids is 1. The zero-order valence-corrected chi connectivity index (χ0v) is 7.42. The van der Waals surface area contributed by atoms with E-state index in [1.165, 1.54) is 0 Å². The molecule has 0 saturated heterocycles. The lowest BCUT2D eigenvalue weighted by Gasteiger charge is -1.95. The smallest absolute Gasteiger partial charge is 0.276 e. The summed E-state index contributed by atoms with van der Waals surface area (Å²) in [6, 6.07) is 0. The standard InChI is InChI=1S/C8H9N3O2/c1-3-4-5-9-8(12)7-6(2)10-13-11-7/h5H2,1-2H3,(H,9,12). The minimum atomic E-state index is -0.318. The third kappa shape index (κ3) is 2.30. The first kappa shape index (κ1) is 9.26. The van der Waals surface area contributed by atoms with Crippen LogP contribution in [0.25, 0.3) is 0 Å². The predicted octanol–water partition coefficient (Wildman–Crippen LogP) is 0.131. The van der Waals surface area contributed by atoms with Gasteiger partial charge in [0.25, 0.3) is 5.91 Å². The van der Waals surface area contributed by atoms with Crippen LogP contribution in [0.1, 0.15) is 23.1 Å². The van der Waals surface area contributed by atoms with E-state index in [2.05, 4.69) is 32.1 Å². The lowest BCUT2D eigenvalue weighted by atomic mass is 10.3. The van der Waals surface area contributed by atoms with Crippen molar-refractivity contribution in [3.05, 3.63) is 11.4 Å². The fourth-order valence-corrected chi connectivity index (χ4v) is 0.734. The van der Waals surface area contributed by atoms with E-state index >= 15 is 0 Å². The van der Waals surface area contributed by atoms with E-state index in [9.17, 15) is 4.79 Å². The summed E-state index contributed by atoms with van der Waals surface area (Å²) in [6.07, 6.45) is 0. The maximum absolute atomic E-state index is 11.3. The maximum Gasteiger partial charge on any atom is 0.276 e. The molecule has 0 aliphatic heterocycles. The van der Waals surface area contributed by atoms with E-state index in [0.29, 0.717) is 12.2 Å². The van der Waals surface area contributed by atoms with Gasteiger partial charge < -0.3 is 5.32 Å². The van der Waals surface area contributed by atoms with Crippen LogP contribution in [-0.2, 0) is 0 Å². The van der Waals surface area contributed by atoms with E-state index in [0.717, 1.165) is 0 Å². The summed E-state index contributed by atoms with van der Waals surface area (Å²) in [5.41, 5.74) is 0.680. The molecule has 0 atom stereocenters. The molecule has 1 N–H and O–H groups in total. The van der Waals surface area contributed by atoms with Crippen molar-refractivity contribution in [1.29, 1.82) is 0 Å². The Labute approximate surface area is 75.5 Å². The van der Waals surface area contributed by atoms with Gasteiger partial charge in [-0.1, -0.05) is 11.1 Å². The molecule has 0 unspecified atom stereocenters. The van der Waals surface area contributed by atoms with Crippen molar-refractivity contribution >= 4 is 5.91 Å². The van der Waals surface area contributed by atoms with Crippen LogP contribution in [0.5, 0.6) is 0 Å². The van der Waals surface area contributed by atoms with E-state index in [-0.39, 0.29) is 11.6 Å². The highest BCUT2D eigenvalue weighted by Crippen LogP contribution is 1.98. The number of rotatable bonds is 2. The van der Waals surface area contributed by atoms with Gasteiger partial charge in [-0.15, -0.1) is 5.92 Å². The Morgan fingerprint density at radius 2 is 2.38 bits per heavy atom. The summed E-state index contributed by atoms with van der Waals surface area (Å²) in [4.78, 5) is 11.3. The van der Waals surface area contributed by atoms with Crippen LogP contribution in [0.3, 0.4) is 0 Å². The molecule has 1 amide bonds. The van der Waals surface area contributed by atoms with E-state index in [1.807, 2.05) is 0 Å². The Morgan fingerprint density at radius 3 is 2.92 bits per heavy atom. The SMILES string of the molecule is CC#CCNC(=O)c1nonc1C. The summed E-state index contributed by atoms with van der Waals surface area (Å²) < 4.78 is 4.38. The molecule has 0 aliphatic carbocycles. The van der Waals surface area contributed by atoms with E-state index < -0.39 is 0 Å². The molecule has 1 heterocycles. The zero-order valence-electron chi connectivity index (χ0n) is 7.42. The number of amides is 1. The molecule has 0 aromatic carbocycles. The summed E-state index contributed by atoms with van der Waals surface area (Å²) in [7, 11) is 0. The van der Waals surface area contributed by atoms with Gasteiger partial charge in [0.15, 0.2) is 5.69 Å². The second kappa shape index (κ2) is 4.26. The molecule has 68 valence electrons. The minimum absolute atomic E-state index is 0.206. The van der Waals surface area contributed by atoms with Crippen LogP contribution in [0.4, 0.5) is 0 Å². The van der Waals surface area contributed by atoms with Crippen LogP contribution in [0, 0.1) is 18.8 Å². The molecule has 0 aliphatic rings. The molecular formula is C8H9N3O2. The van der Waals surface area contributed by atoms with Crippen molar-refractivity contribution < 1.29 is 9.42 Å². The van der Waals surface area contributed by atoms with Gasteiger partial charge in [0.1, 0.15) is 5.69 Å². The van der Waals surface area contributed by atoms with Crippen LogP contribution in [0.15, 0.2) is 4.63 Å². The Bertz CT molecular complexity index is 359. The second-order valence-electron chi connectivity index (χ2n) is 2.31. The van der Waals surface area contributed by atoms with Crippen molar-refractivity contribution in [2.45, 2.75) is 13.8 Å². The molecule has 0 fully saturated rings. The van der Waals surface area contributed by atoms with Crippen LogP contribution >= 0.6 is 0 Å². The molecule has 0 radical (unpaired) electrons. The summed E-state index contributed by atoms with van der Waals surface area (Å²) in [5, 5.41) is 9.48. The highest BCUT2D eigenvalue weighted by molar-refractivity contribution is 5.93. The average Bonchev–Trinajstić information content (AvgIpc) is 2.52. The third-order valence-electron chi connectivity index (χ3n) is 1.38. The van der Waals surface area contributed by atoms with Gasteiger partial charge in [-0.05, 0) is 19.0 Å². The number of hydrogen-bond donors (Lipinski definition) is 1. The fraction of sp³-hybridized carbons (Fsp3) is 0.375. The third-order valence-corrected chi connectivity index (χ3v) is 1.38. The lowest BCUT2D eigenvalue weighted by Crippen LogP contribution is -2.24. The lowest BCUT2D eigenvalue weighted by molar-refractivity contribution is 0.0948. The quantitative estimate of drug-likeness (QED) is 0.655. The molecule has 5 nitrogen and oxygen atoms in total. The van der Waals surface area contributed by atoms with Gasteiger partial charge in [-0.2, -0.15) is 0 Å². The van der Waals surface area contributed by atoms with Crippen LogP contribution in [-0.4, -0.2) is 22.8 Å². The predicted molar refractivity (Wildman–Crippen MR) is 44.8 cm³/mol. The van der Waals surface area contributed by atoms with E-state index in [4.69, 9.17) is 0 Å². The van der Waals surface area contributed by atoms with Gasteiger partial charge in [0.05, 0.1) is 6.54 Å². The largest absolute Gasteiger partial charge is 0.340 e. The Morgan fingerprint density at radius 1 is 1.62 bits per heavy atom. The fourth-order valence-electron chi connectivity index (χ4n) is 0.734. The molecule has 0 spiro atoms. The summed E-state index contributed by atoms with van der Waals surface area (Å²) >= 11 is 0. The first-order valence-electron chi connectivity index (χ1n) is 3.72. The van der Waals surface area contributed by atoms with Gasteiger partial charge in [0, 0.05) is 0 Å². The molecule has 0 saturated carbocycles. The van der Waals surface area contributed by atoms with Crippen LogP contribution < -0.4 is 5.32 Å². The zero-order chi connectivity index (χ0) is 9.68. The van der Waals surface area contributed by atoms with Crippen molar-refractivity contribution in [3.8, 4) is 11.8 Å². The monoisotopic (exact) mass is 179 g/mol. The Kier molecular flexibility index (Phi) is 3.03. The molecule has 1 aromatic heterocycles. The highest BCUT2D eigenvalue weighted by atomic mass is 16.6. The molecule has 5 heteroatoms. The van der Waals surface area contributed by atoms with Gasteiger partial charge in [-0.3, -0.25) is 4.79 Å². The van der Waals surface area contributed by atoms with Gasteiger partial charge in [0.2, 0.25) is 0 Å². The normalized spacial score (nSPS) is 8.77. The number of aryl methyl sites for hydroxylation is 1. The van der Waals surface area contributed by atoms with Gasteiger partial charge >= 0.3 is 0 Å². The number of carbonyl (C=O) groups is 1. The first-order valence-corrected chi connectivity index (χ1v) is 3.72. The van der Waals surface area contributed by atoms with E-state index in [1.54, 1.807) is 13.8 Å². The first-order chi connectivity index (χ1) is 6.25. The average molecular weight is 179 g/mol. The minimum Gasteiger partial charge on any atom is -0.340 e. The number of aromatic nitrogens is 2. The topological polar surface area (TPSA) is 68.0 Å². The summed E-state index contributed by atoms with van der Waals surface area (Å²) in [6.45, 7) is 3.66. The number of nitrogens with zero attached hydrogens (tertiary/aromatic N) is 2. The number of nitrogens with one attached hydrogen (secondary N) is 1. The number of hydrogen-bond acceptors (Lipinski definition) is 4. The molecule has 1 aromatic rings. The van der Waals surface area contributed by atoms with Gasteiger partial charge in [-0.25, -0.2) is 4.63 Å². The van der Waals surface area contributed by atoms with Crippen molar-refractivity contribution in [3.63, 3.8) is 0 Å². The van der Waals surface area contributed by atoms with Crippen molar-refractivity contribution in [2.75, 3.05) is 6.54 Å². The Hall–Kier alpha value is -1.83. The molecular weight excluding hydrogens is 170 g/mol. The molecule has 1 rings (SSSR count). The van der Waals surface area contributed by atoms with Crippen LogP contribution in [0.2, 0.25) is 0 Å². The highest BCUT2D eigenvalue weighted by Gasteiger charge is 2.13.